The number of thiophene rings is 3. The fourth-order valence-corrected chi connectivity index (χ4v) is 11.2. The number of fused-ring (bicyclic) bond motifs is 9. The van der Waals surface area contributed by atoms with Crippen LogP contribution in [0.25, 0.3) is 71.6 Å². The number of quaternary nitrogens is 1. The third-order valence-corrected chi connectivity index (χ3v) is 13.6. The molecule has 0 bridgehead atoms. The van der Waals surface area contributed by atoms with Gasteiger partial charge in [0, 0.05) is 77.2 Å². The minimum atomic E-state index is -0.176. The third-order valence-electron chi connectivity index (χ3n) is 10.1. The van der Waals surface area contributed by atoms with Crippen LogP contribution in [-0.4, -0.2) is 11.7 Å². The highest BCUT2D eigenvalue weighted by atomic mass is 32.1. The largest absolute Gasteiger partial charge is 0.272 e. The fourth-order valence-electron chi connectivity index (χ4n) is 7.76. The molecular weight excluding hydrogens is 679 g/mol. The Labute approximate surface area is 305 Å². The van der Waals surface area contributed by atoms with Gasteiger partial charge in [0.25, 0.3) is 0 Å². The van der Waals surface area contributed by atoms with Crippen LogP contribution in [0.3, 0.4) is 0 Å². The van der Waals surface area contributed by atoms with E-state index in [1.54, 1.807) is 0 Å². The Morgan fingerprint density at radius 3 is 1.96 bits per heavy atom. The second-order valence-corrected chi connectivity index (χ2v) is 16.2. The molecule has 3 nitrogen and oxygen atoms in total. The van der Waals surface area contributed by atoms with Gasteiger partial charge in [-0.05, 0) is 60.2 Å². The van der Waals surface area contributed by atoms with Crippen molar-refractivity contribution in [3.05, 3.63) is 168 Å². The second kappa shape index (κ2) is 11.5. The molecule has 11 rings (SSSR count). The second-order valence-electron chi connectivity index (χ2n) is 13.0. The van der Waals surface area contributed by atoms with Gasteiger partial charge in [-0.1, -0.05) is 97.1 Å². The lowest BCUT2D eigenvalue weighted by Crippen LogP contribution is -2.90. The van der Waals surface area contributed by atoms with E-state index >= 15 is 0 Å². The van der Waals surface area contributed by atoms with Gasteiger partial charge in [-0.25, -0.2) is 4.99 Å². The molecule has 1 aliphatic heterocycles. The molecule has 2 N–H and O–H groups in total. The molecule has 1 unspecified atom stereocenters. The van der Waals surface area contributed by atoms with Crippen molar-refractivity contribution in [2.24, 2.45) is 9.98 Å². The first-order valence-corrected chi connectivity index (χ1v) is 19.5. The smallest absolute Gasteiger partial charge is 0.235 e. The Hall–Kier alpha value is -5.50. The number of amidine groups is 2. The number of hydrogen-bond donors (Lipinski definition) is 1. The summed E-state index contributed by atoms with van der Waals surface area (Å²) in [6, 6.07) is 55.0. The van der Waals surface area contributed by atoms with Crippen molar-refractivity contribution in [3.8, 4) is 11.1 Å². The summed E-state index contributed by atoms with van der Waals surface area (Å²) in [7, 11) is 0. The van der Waals surface area contributed by atoms with E-state index in [2.05, 4.69) is 157 Å². The van der Waals surface area contributed by atoms with Gasteiger partial charge >= 0.3 is 0 Å². The minimum Gasteiger partial charge on any atom is -0.272 e. The van der Waals surface area contributed by atoms with Crippen LogP contribution in [0.2, 0.25) is 0 Å². The summed E-state index contributed by atoms with van der Waals surface area (Å²) in [4.78, 5) is 10.7. The summed E-state index contributed by atoms with van der Waals surface area (Å²) in [5, 5.41) is 10.0. The van der Waals surface area contributed by atoms with E-state index in [0.29, 0.717) is 0 Å². The van der Waals surface area contributed by atoms with E-state index in [4.69, 9.17) is 9.98 Å². The van der Waals surface area contributed by atoms with Crippen molar-refractivity contribution in [3.63, 3.8) is 0 Å². The number of rotatable bonds is 4. The van der Waals surface area contributed by atoms with Crippen LogP contribution in [0.1, 0.15) is 22.9 Å². The number of nitrogens with two attached hydrogens (primary N) is 1. The molecule has 0 amide bonds. The van der Waals surface area contributed by atoms with Crippen molar-refractivity contribution in [2.75, 3.05) is 0 Å². The average Bonchev–Trinajstić information content (AvgIpc) is 3.89. The zero-order chi connectivity index (χ0) is 33.5. The standard InChI is InChI=1S/C45H27N3S3/c1-2-11-26(12-3-1)43-46-44(48-45(47-43)33-18-10-22-39-41(33)32-14-5-7-20-36(32)49-39)27-23-24-37-34(25-27)40-29(15-9-21-38(40)50-37)31-17-8-16-30-28-13-4-6-19-35(28)51-42(30)31/h1-25,45H,(H,46,47,48)/p+1. The molecule has 51 heavy (non-hydrogen) atoms. The summed E-state index contributed by atoms with van der Waals surface area (Å²) < 4.78 is 7.81. The highest BCUT2D eigenvalue weighted by Gasteiger charge is 2.28. The van der Waals surface area contributed by atoms with Gasteiger partial charge in [0.05, 0.1) is 5.56 Å². The summed E-state index contributed by atoms with van der Waals surface area (Å²) in [6.45, 7) is 0. The maximum Gasteiger partial charge on any atom is 0.235 e. The maximum atomic E-state index is 5.43. The first kappa shape index (κ1) is 29.3. The number of aliphatic imine (C=N–C) groups is 2. The third kappa shape index (κ3) is 4.65. The van der Waals surface area contributed by atoms with E-state index in [1.807, 2.05) is 34.0 Å². The van der Waals surface area contributed by atoms with Crippen LogP contribution in [0.5, 0.6) is 0 Å². The zero-order valence-corrected chi connectivity index (χ0v) is 29.7. The van der Waals surface area contributed by atoms with Crippen LogP contribution < -0.4 is 5.32 Å². The van der Waals surface area contributed by atoms with Gasteiger partial charge in [0.2, 0.25) is 12.0 Å². The first-order chi connectivity index (χ1) is 25.3. The van der Waals surface area contributed by atoms with Crippen molar-refractivity contribution in [1.29, 1.82) is 0 Å². The molecule has 4 heterocycles. The summed E-state index contributed by atoms with van der Waals surface area (Å²) >= 11 is 5.59. The van der Waals surface area contributed by atoms with Gasteiger partial charge in [-0.15, -0.1) is 34.0 Å². The summed E-state index contributed by atoms with van der Waals surface area (Å²) in [5.74, 6) is 1.72. The average molecular weight is 707 g/mol. The number of benzene rings is 7. The topological polar surface area (TPSA) is 41.3 Å². The van der Waals surface area contributed by atoms with E-state index in [9.17, 15) is 0 Å². The molecule has 7 aromatic carbocycles. The van der Waals surface area contributed by atoms with Crippen molar-refractivity contribution in [2.45, 2.75) is 6.17 Å². The molecule has 3 aromatic heterocycles. The van der Waals surface area contributed by atoms with Gasteiger partial charge in [0.15, 0.2) is 5.84 Å². The van der Waals surface area contributed by atoms with Crippen LogP contribution in [-0.2, 0) is 0 Å². The van der Waals surface area contributed by atoms with E-state index in [-0.39, 0.29) is 6.17 Å². The van der Waals surface area contributed by atoms with Crippen molar-refractivity contribution >= 4 is 106 Å². The summed E-state index contributed by atoms with van der Waals surface area (Å²) in [6.07, 6.45) is -0.176. The van der Waals surface area contributed by atoms with Crippen molar-refractivity contribution in [1.82, 2.24) is 0 Å². The molecule has 0 aliphatic carbocycles. The molecule has 0 radical (unpaired) electrons. The predicted molar refractivity (Wildman–Crippen MR) is 221 cm³/mol. The lowest BCUT2D eigenvalue weighted by molar-refractivity contribution is -0.586. The van der Waals surface area contributed by atoms with Gasteiger partial charge < -0.3 is 0 Å². The molecule has 0 spiro atoms. The van der Waals surface area contributed by atoms with E-state index in [0.717, 1.165) is 22.8 Å². The van der Waals surface area contributed by atoms with Gasteiger partial charge in [-0.2, -0.15) is 4.99 Å². The molecule has 1 atom stereocenters. The molecule has 6 heteroatoms. The molecular formula is C45H28N3S3+. The Balaban J connectivity index is 1.12. The molecule has 1 aliphatic rings. The highest BCUT2D eigenvalue weighted by molar-refractivity contribution is 7.27. The molecule has 240 valence electrons. The zero-order valence-electron chi connectivity index (χ0n) is 27.2. The molecule has 0 saturated carbocycles. The monoisotopic (exact) mass is 706 g/mol. The summed E-state index contributed by atoms with van der Waals surface area (Å²) in [5.41, 5.74) is 5.90. The molecule has 0 saturated heterocycles. The number of nitrogens with zero attached hydrogens (tertiary/aromatic N) is 2. The Bertz CT molecular complexity index is 3070. The quantitative estimate of drug-likeness (QED) is 0.189. The van der Waals surface area contributed by atoms with E-state index < -0.39 is 0 Å². The van der Waals surface area contributed by atoms with Crippen LogP contribution in [0.15, 0.2) is 162 Å². The lowest BCUT2D eigenvalue weighted by Gasteiger charge is -2.20. The normalized spacial score (nSPS) is 15.0. The Morgan fingerprint density at radius 2 is 1.10 bits per heavy atom. The molecule has 0 fully saturated rings. The van der Waals surface area contributed by atoms with Crippen LogP contribution in [0.4, 0.5) is 0 Å². The Morgan fingerprint density at radius 1 is 0.451 bits per heavy atom. The van der Waals surface area contributed by atoms with E-state index in [1.165, 1.54) is 77.2 Å². The highest BCUT2D eigenvalue weighted by Crippen LogP contribution is 2.45. The van der Waals surface area contributed by atoms with Crippen LogP contribution >= 0.6 is 34.0 Å². The van der Waals surface area contributed by atoms with Crippen molar-refractivity contribution < 1.29 is 5.32 Å². The predicted octanol–water partition coefficient (Wildman–Crippen LogP) is 11.9. The minimum absolute atomic E-state index is 0.176. The fraction of sp³-hybridized carbons (Fsp3) is 0.0222. The number of hydrogen-bond acceptors (Lipinski definition) is 5. The van der Waals surface area contributed by atoms with Gasteiger partial charge in [-0.3, -0.25) is 5.32 Å². The maximum absolute atomic E-state index is 5.43. The Kier molecular flexibility index (Phi) is 6.61. The van der Waals surface area contributed by atoms with Gasteiger partial charge in [0.1, 0.15) is 0 Å². The molecule has 10 aromatic rings. The first-order valence-electron chi connectivity index (χ1n) is 17.1. The van der Waals surface area contributed by atoms with Crippen LogP contribution in [0, 0.1) is 0 Å². The SMILES string of the molecule is c1ccc(C2=NC(c3ccc4sc5cccc(-c6cccc7c6sc6ccccc67)c5c4c3)=NC(c3cccc4sc5ccccc5c34)[NH2+]2)cc1. The lowest BCUT2D eigenvalue weighted by atomic mass is 9.97.